The third-order valence-corrected chi connectivity index (χ3v) is 4.99. The molecule has 1 aromatic rings. The van der Waals surface area contributed by atoms with E-state index in [-0.39, 0.29) is 0 Å². The van der Waals surface area contributed by atoms with Crippen LogP contribution in [0.4, 0.5) is 0 Å². The van der Waals surface area contributed by atoms with Gasteiger partial charge >= 0.3 is 0 Å². The van der Waals surface area contributed by atoms with Crippen molar-refractivity contribution in [1.82, 2.24) is 10.2 Å². The molecule has 2 heterocycles. The molecule has 4 heteroatoms. The van der Waals surface area contributed by atoms with E-state index in [2.05, 4.69) is 38.3 Å². The molecule has 0 amide bonds. The number of halogens is 2. The van der Waals surface area contributed by atoms with Crippen molar-refractivity contribution in [3.8, 4) is 0 Å². The van der Waals surface area contributed by atoms with E-state index >= 15 is 0 Å². The van der Waals surface area contributed by atoms with Crippen LogP contribution in [-0.4, -0.2) is 30.6 Å². The van der Waals surface area contributed by atoms with Crippen molar-refractivity contribution in [2.75, 3.05) is 19.6 Å². The number of fused-ring (bicyclic) bond motifs is 1. The van der Waals surface area contributed by atoms with Gasteiger partial charge in [0.1, 0.15) is 0 Å². The van der Waals surface area contributed by atoms with Gasteiger partial charge in [0.05, 0.1) is 0 Å². The topological polar surface area (TPSA) is 15.3 Å². The normalized spacial score (nSPS) is 28.3. The highest BCUT2D eigenvalue weighted by atomic mass is 79.9. The second-order valence-corrected chi connectivity index (χ2v) is 6.69. The molecule has 2 nitrogen and oxygen atoms in total. The summed E-state index contributed by atoms with van der Waals surface area (Å²) in [5.41, 5.74) is 1.24. The summed E-state index contributed by atoms with van der Waals surface area (Å²) in [6.45, 7) is 4.57. The molecule has 0 aromatic heterocycles. The van der Waals surface area contributed by atoms with Crippen molar-refractivity contribution in [1.29, 1.82) is 0 Å². The minimum atomic E-state index is 0.765. The molecular formula is C14H18BrClN2. The van der Waals surface area contributed by atoms with Crippen molar-refractivity contribution in [2.24, 2.45) is 5.92 Å². The predicted octanol–water partition coefficient (Wildman–Crippen LogP) is 3.29. The SMILES string of the molecule is Clc1cc(Br)ccc1CN1CCC2NCCC2C1. The molecular weight excluding hydrogens is 312 g/mol. The Morgan fingerprint density at radius 1 is 1.39 bits per heavy atom. The Labute approximate surface area is 122 Å². The van der Waals surface area contributed by atoms with E-state index < -0.39 is 0 Å². The molecule has 0 bridgehead atoms. The van der Waals surface area contributed by atoms with Crippen LogP contribution in [0.25, 0.3) is 0 Å². The molecule has 0 radical (unpaired) electrons. The van der Waals surface area contributed by atoms with Crippen LogP contribution in [0.1, 0.15) is 18.4 Å². The molecule has 0 aliphatic carbocycles. The van der Waals surface area contributed by atoms with Crippen LogP contribution < -0.4 is 5.32 Å². The Kier molecular flexibility index (Phi) is 3.94. The van der Waals surface area contributed by atoms with E-state index in [0.717, 1.165) is 28.0 Å². The van der Waals surface area contributed by atoms with E-state index in [1.165, 1.54) is 38.0 Å². The minimum absolute atomic E-state index is 0.765. The average molecular weight is 330 g/mol. The molecule has 0 saturated carbocycles. The quantitative estimate of drug-likeness (QED) is 0.896. The summed E-state index contributed by atoms with van der Waals surface area (Å²) in [7, 11) is 0. The van der Waals surface area contributed by atoms with Crippen molar-refractivity contribution < 1.29 is 0 Å². The molecule has 2 aliphatic rings. The fourth-order valence-corrected chi connectivity index (χ4v) is 3.89. The summed E-state index contributed by atoms with van der Waals surface area (Å²) < 4.78 is 1.05. The van der Waals surface area contributed by atoms with E-state index in [1.54, 1.807) is 0 Å². The van der Waals surface area contributed by atoms with E-state index in [9.17, 15) is 0 Å². The minimum Gasteiger partial charge on any atom is -0.314 e. The Balaban J connectivity index is 1.66. The second kappa shape index (κ2) is 5.49. The van der Waals surface area contributed by atoms with Gasteiger partial charge in [0.15, 0.2) is 0 Å². The lowest BCUT2D eigenvalue weighted by molar-refractivity contribution is 0.156. The van der Waals surface area contributed by atoms with Crippen LogP contribution in [0.3, 0.4) is 0 Å². The Morgan fingerprint density at radius 2 is 2.28 bits per heavy atom. The van der Waals surface area contributed by atoms with Gasteiger partial charge in [-0.15, -0.1) is 0 Å². The Bertz CT molecular complexity index is 438. The van der Waals surface area contributed by atoms with Gasteiger partial charge in [0.25, 0.3) is 0 Å². The first kappa shape index (κ1) is 12.9. The van der Waals surface area contributed by atoms with Gasteiger partial charge in [-0.3, -0.25) is 4.90 Å². The van der Waals surface area contributed by atoms with Gasteiger partial charge in [0, 0.05) is 28.6 Å². The number of hydrogen-bond acceptors (Lipinski definition) is 2. The maximum atomic E-state index is 6.29. The second-order valence-electron chi connectivity index (χ2n) is 5.37. The summed E-state index contributed by atoms with van der Waals surface area (Å²) in [4.78, 5) is 2.54. The first-order chi connectivity index (χ1) is 8.72. The summed E-state index contributed by atoms with van der Waals surface area (Å²) in [6.07, 6.45) is 2.61. The molecule has 1 aromatic carbocycles. The van der Waals surface area contributed by atoms with Crippen LogP contribution in [0.2, 0.25) is 5.02 Å². The monoisotopic (exact) mass is 328 g/mol. The van der Waals surface area contributed by atoms with Crippen LogP contribution >= 0.6 is 27.5 Å². The largest absolute Gasteiger partial charge is 0.314 e. The van der Waals surface area contributed by atoms with Gasteiger partial charge in [-0.25, -0.2) is 0 Å². The molecule has 0 spiro atoms. The molecule has 98 valence electrons. The molecule has 2 unspecified atom stereocenters. The third-order valence-electron chi connectivity index (χ3n) is 4.15. The zero-order valence-corrected chi connectivity index (χ0v) is 12.7. The molecule has 2 fully saturated rings. The maximum Gasteiger partial charge on any atom is 0.0462 e. The lowest BCUT2D eigenvalue weighted by Crippen LogP contribution is -2.43. The molecule has 3 rings (SSSR count). The molecule has 2 aliphatic heterocycles. The molecule has 1 N–H and O–H groups in total. The molecule has 2 atom stereocenters. The zero-order valence-electron chi connectivity index (χ0n) is 10.3. The molecule has 18 heavy (non-hydrogen) atoms. The van der Waals surface area contributed by atoms with Crippen molar-refractivity contribution in [3.63, 3.8) is 0 Å². The van der Waals surface area contributed by atoms with Crippen molar-refractivity contribution in [2.45, 2.75) is 25.4 Å². The number of likely N-dealkylation sites (tertiary alicyclic amines) is 1. The van der Waals surface area contributed by atoms with Gasteiger partial charge in [-0.05, 0) is 49.5 Å². The first-order valence-corrected chi connectivity index (χ1v) is 7.79. The van der Waals surface area contributed by atoms with E-state index in [0.29, 0.717) is 0 Å². The third kappa shape index (κ3) is 2.74. The summed E-state index contributed by atoms with van der Waals surface area (Å²) in [5, 5.41) is 4.47. The number of piperidine rings is 1. The number of rotatable bonds is 2. The van der Waals surface area contributed by atoms with Gasteiger partial charge in [0.2, 0.25) is 0 Å². The summed E-state index contributed by atoms with van der Waals surface area (Å²) in [6, 6.07) is 6.96. The highest BCUT2D eigenvalue weighted by Gasteiger charge is 2.32. The smallest absolute Gasteiger partial charge is 0.0462 e. The van der Waals surface area contributed by atoms with Crippen LogP contribution in [-0.2, 0) is 6.54 Å². The standard InChI is InChI=1S/C14H18BrClN2/c15-12-2-1-10(13(16)7-12)8-18-6-4-14-11(9-18)3-5-17-14/h1-2,7,11,14,17H,3-6,8-9H2. The number of benzene rings is 1. The van der Waals surface area contributed by atoms with Gasteiger partial charge in [-0.2, -0.15) is 0 Å². The van der Waals surface area contributed by atoms with E-state index in [4.69, 9.17) is 11.6 Å². The fraction of sp³-hybridized carbons (Fsp3) is 0.571. The highest BCUT2D eigenvalue weighted by Crippen LogP contribution is 2.28. The first-order valence-electron chi connectivity index (χ1n) is 6.62. The Hall–Kier alpha value is -0.0900. The molecule has 2 saturated heterocycles. The predicted molar refractivity (Wildman–Crippen MR) is 78.9 cm³/mol. The van der Waals surface area contributed by atoms with E-state index in [1.807, 2.05) is 6.07 Å². The summed E-state index contributed by atoms with van der Waals surface area (Å²) >= 11 is 9.74. The summed E-state index contributed by atoms with van der Waals surface area (Å²) in [5.74, 6) is 0.841. The number of nitrogens with one attached hydrogen (secondary N) is 1. The van der Waals surface area contributed by atoms with Crippen LogP contribution in [0.15, 0.2) is 22.7 Å². The number of hydrogen-bond donors (Lipinski definition) is 1. The lowest BCUT2D eigenvalue weighted by Gasteiger charge is -2.35. The van der Waals surface area contributed by atoms with Gasteiger partial charge in [-0.1, -0.05) is 33.6 Å². The van der Waals surface area contributed by atoms with Crippen LogP contribution in [0, 0.1) is 5.92 Å². The highest BCUT2D eigenvalue weighted by molar-refractivity contribution is 9.10. The fourth-order valence-electron chi connectivity index (χ4n) is 3.16. The van der Waals surface area contributed by atoms with Gasteiger partial charge < -0.3 is 5.32 Å². The number of nitrogens with zero attached hydrogens (tertiary/aromatic N) is 1. The average Bonchev–Trinajstić information content (AvgIpc) is 2.80. The lowest BCUT2D eigenvalue weighted by atomic mass is 9.93. The van der Waals surface area contributed by atoms with Crippen molar-refractivity contribution in [3.05, 3.63) is 33.3 Å². The maximum absolute atomic E-state index is 6.29. The van der Waals surface area contributed by atoms with Crippen LogP contribution in [0.5, 0.6) is 0 Å². The zero-order chi connectivity index (χ0) is 12.5. The van der Waals surface area contributed by atoms with Crippen molar-refractivity contribution >= 4 is 27.5 Å². The Morgan fingerprint density at radius 3 is 3.11 bits per heavy atom.